The quantitative estimate of drug-likeness (QED) is 0.568. The van der Waals surface area contributed by atoms with Gasteiger partial charge in [0.2, 0.25) is 0 Å². The SMILES string of the molecule is CC[C@@H](N)[C@H](CC)NC(=O)O. The summed E-state index contributed by atoms with van der Waals surface area (Å²) in [7, 11) is 0. The monoisotopic (exact) mass is 160 g/mol. The van der Waals surface area contributed by atoms with E-state index in [9.17, 15) is 4.79 Å². The predicted molar refractivity (Wildman–Crippen MR) is 43.5 cm³/mol. The van der Waals surface area contributed by atoms with Crippen molar-refractivity contribution in [3.8, 4) is 0 Å². The zero-order valence-corrected chi connectivity index (χ0v) is 7.00. The van der Waals surface area contributed by atoms with Crippen molar-refractivity contribution in [2.24, 2.45) is 5.73 Å². The summed E-state index contributed by atoms with van der Waals surface area (Å²) in [6.45, 7) is 3.85. The predicted octanol–water partition coefficient (Wildman–Crippen LogP) is 0.770. The molecule has 4 N–H and O–H groups in total. The molecule has 4 heteroatoms. The van der Waals surface area contributed by atoms with Gasteiger partial charge in [0, 0.05) is 12.1 Å². The highest BCUT2D eigenvalue weighted by atomic mass is 16.4. The molecule has 0 aliphatic rings. The van der Waals surface area contributed by atoms with Crippen molar-refractivity contribution in [2.45, 2.75) is 38.8 Å². The van der Waals surface area contributed by atoms with Crippen LogP contribution in [0.25, 0.3) is 0 Å². The van der Waals surface area contributed by atoms with Gasteiger partial charge >= 0.3 is 6.09 Å². The van der Waals surface area contributed by atoms with Crippen molar-refractivity contribution < 1.29 is 9.90 Å². The van der Waals surface area contributed by atoms with Crippen LogP contribution in [0.5, 0.6) is 0 Å². The maximum absolute atomic E-state index is 10.2. The Hall–Kier alpha value is -0.770. The Labute approximate surface area is 66.8 Å². The fourth-order valence-corrected chi connectivity index (χ4v) is 0.955. The van der Waals surface area contributed by atoms with Gasteiger partial charge in [0.15, 0.2) is 0 Å². The van der Waals surface area contributed by atoms with Crippen molar-refractivity contribution in [2.75, 3.05) is 0 Å². The molecule has 0 aliphatic carbocycles. The van der Waals surface area contributed by atoms with Crippen LogP contribution in [0.2, 0.25) is 0 Å². The Morgan fingerprint density at radius 2 is 2.09 bits per heavy atom. The third-order valence-corrected chi connectivity index (χ3v) is 1.74. The summed E-state index contributed by atoms with van der Waals surface area (Å²) < 4.78 is 0. The molecule has 0 fully saturated rings. The van der Waals surface area contributed by atoms with Crippen molar-refractivity contribution >= 4 is 6.09 Å². The molecule has 0 saturated heterocycles. The van der Waals surface area contributed by atoms with Crippen LogP contribution in [0, 0.1) is 0 Å². The lowest BCUT2D eigenvalue weighted by atomic mass is 10.0. The van der Waals surface area contributed by atoms with Gasteiger partial charge in [0.05, 0.1) is 0 Å². The normalized spacial score (nSPS) is 15.5. The van der Waals surface area contributed by atoms with Gasteiger partial charge < -0.3 is 16.2 Å². The second-order valence-electron chi connectivity index (χ2n) is 2.54. The Bertz CT molecular complexity index is 128. The van der Waals surface area contributed by atoms with Crippen LogP contribution in [0.4, 0.5) is 4.79 Å². The average molecular weight is 160 g/mol. The summed E-state index contributed by atoms with van der Waals surface area (Å²) in [6, 6.07) is -0.186. The summed E-state index contributed by atoms with van der Waals surface area (Å²) in [6.07, 6.45) is 0.529. The number of amides is 1. The second kappa shape index (κ2) is 4.96. The summed E-state index contributed by atoms with van der Waals surface area (Å²) >= 11 is 0. The van der Waals surface area contributed by atoms with Gasteiger partial charge in [-0.25, -0.2) is 4.79 Å². The minimum atomic E-state index is -0.999. The van der Waals surface area contributed by atoms with Crippen molar-refractivity contribution in [3.05, 3.63) is 0 Å². The Morgan fingerprint density at radius 1 is 1.55 bits per heavy atom. The number of carboxylic acid groups (broad SMARTS) is 1. The van der Waals surface area contributed by atoms with Gasteiger partial charge in [-0.05, 0) is 12.8 Å². The molecule has 0 rings (SSSR count). The summed E-state index contributed by atoms with van der Waals surface area (Å²) in [5, 5.41) is 10.8. The van der Waals surface area contributed by atoms with Gasteiger partial charge in [0.1, 0.15) is 0 Å². The smallest absolute Gasteiger partial charge is 0.404 e. The van der Waals surface area contributed by atoms with Crippen LogP contribution < -0.4 is 11.1 Å². The highest BCUT2D eigenvalue weighted by Crippen LogP contribution is 1.99. The van der Waals surface area contributed by atoms with E-state index in [2.05, 4.69) is 5.32 Å². The van der Waals surface area contributed by atoms with E-state index in [-0.39, 0.29) is 12.1 Å². The molecule has 0 radical (unpaired) electrons. The van der Waals surface area contributed by atoms with E-state index < -0.39 is 6.09 Å². The van der Waals surface area contributed by atoms with Crippen molar-refractivity contribution in [1.29, 1.82) is 0 Å². The van der Waals surface area contributed by atoms with E-state index in [1.165, 1.54) is 0 Å². The van der Waals surface area contributed by atoms with Crippen LogP contribution in [0.3, 0.4) is 0 Å². The summed E-state index contributed by atoms with van der Waals surface area (Å²) in [5.74, 6) is 0. The molecule has 4 nitrogen and oxygen atoms in total. The van der Waals surface area contributed by atoms with Gasteiger partial charge in [-0.1, -0.05) is 13.8 Å². The number of hydrogen-bond donors (Lipinski definition) is 3. The second-order valence-corrected chi connectivity index (χ2v) is 2.54. The zero-order chi connectivity index (χ0) is 8.85. The molecule has 11 heavy (non-hydrogen) atoms. The first-order valence-electron chi connectivity index (χ1n) is 3.86. The summed E-state index contributed by atoms with van der Waals surface area (Å²) in [4.78, 5) is 10.2. The van der Waals surface area contributed by atoms with E-state index >= 15 is 0 Å². The standard InChI is InChI=1S/C7H16N2O2/c1-3-5(8)6(4-2)9-7(10)11/h5-6,9H,3-4,8H2,1-2H3,(H,10,11)/t5-,6+/m1/s1. The molecular formula is C7H16N2O2. The maximum atomic E-state index is 10.2. The molecule has 1 amide bonds. The highest BCUT2D eigenvalue weighted by Gasteiger charge is 2.15. The molecule has 2 atom stereocenters. The Kier molecular flexibility index (Phi) is 4.61. The minimum absolute atomic E-state index is 0.0731. The van der Waals surface area contributed by atoms with E-state index in [1.54, 1.807) is 0 Å². The number of nitrogens with one attached hydrogen (secondary N) is 1. The lowest BCUT2D eigenvalue weighted by Gasteiger charge is -2.20. The molecule has 0 saturated carbocycles. The molecule has 0 spiro atoms. The van der Waals surface area contributed by atoms with Gasteiger partial charge in [0.25, 0.3) is 0 Å². The largest absolute Gasteiger partial charge is 0.465 e. The number of carbonyl (C=O) groups is 1. The van der Waals surface area contributed by atoms with Crippen LogP contribution >= 0.6 is 0 Å². The first kappa shape index (κ1) is 10.2. The first-order valence-corrected chi connectivity index (χ1v) is 3.86. The molecule has 0 aromatic carbocycles. The van der Waals surface area contributed by atoms with Gasteiger partial charge in [-0.3, -0.25) is 0 Å². The van der Waals surface area contributed by atoms with E-state index in [0.717, 1.165) is 12.8 Å². The molecule has 66 valence electrons. The van der Waals surface area contributed by atoms with Crippen molar-refractivity contribution in [3.63, 3.8) is 0 Å². The molecule has 0 aliphatic heterocycles. The fraction of sp³-hybridized carbons (Fsp3) is 0.857. The number of rotatable bonds is 4. The van der Waals surface area contributed by atoms with Crippen LogP contribution in [0.1, 0.15) is 26.7 Å². The van der Waals surface area contributed by atoms with E-state index in [0.29, 0.717) is 0 Å². The lowest BCUT2D eigenvalue weighted by Crippen LogP contribution is -2.46. The van der Waals surface area contributed by atoms with Gasteiger partial charge in [-0.2, -0.15) is 0 Å². The minimum Gasteiger partial charge on any atom is -0.465 e. The summed E-state index contributed by atoms with van der Waals surface area (Å²) in [5.41, 5.74) is 5.65. The van der Waals surface area contributed by atoms with Crippen LogP contribution in [-0.2, 0) is 0 Å². The topological polar surface area (TPSA) is 75.3 Å². The highest BCUT2D eigenvalue weighted by molar-refractivity contribution is 5.64. The average Bonchev–Trinajstić information content (AvgIpc) is 1.98. The number of nitrogens with two attached hydrogens (primary N) is 1. The molecule has 0 bridgehead atoms. The maximum Gasteiger partial charge on any atom is 0.404 e. The van der Waals surface area contributed by atoms with Crippen molar-refractivity contribution in [1.82, 2.24) is 5.32 Å². The molecule has 0 heterocycles. The lowest BCUT2D eigenvalue weighted by molar-refractivity contribution is 0.187. The van der Waals surface area contributed by atoms with Gasteiger partial charge in [-0.15, -0.1) is 0 Å². The molecule has 0 aromatic rings. The van der Waals surface area contributed by atoms with E-state index in [4.69, 9.17) is 10.8 Å². The molecule has 0 aromatic heterocycles. The van der Waals surface area contributed by atoms with E-state index in [1.807, 2.05) is 13.8 Å². The third-order valence-electron chi connectivity index (χ3n) is 1.74. The van der Waals surface area contributed by atoms with Crippen LogP contribution in [0.15, 0.2) is 0 Å². The Morgan fingerprint density at radius 3 is 2.36 bits per heavy atom. The van der Waals surface area contributed by atoms with Crippen LogP contribution in [-0.4, -0.2) is 23.3 Å². The fourth-order valence-electron chi connectivity index (χ4n) is 0.955. The first-order chi connectivity index (χ1) is 5.11. The molecular weight excluding hydrogens is 144 g/mol. The third kappa shape index (κ3) is 3.83. The zero-order valence-electron chi connectivity index (χ0n) is 7.00. The Balaban J connectivity index is 3.84. The molecule has 0 unspecified atom stereocenters. The number of hydrogen-bond acceptors (Lipinski definition) is 2.